The van der Waals surface area contributed by atoms with Crippen LogP contribution in [-0.2, 0) is 4.79 Å². The molecule has 0 fully saturated rings. The standard InChI is InChI=1S/C31H32N4O3S/c1-5-34(6-2)24-13-7-21(8-14-24)19-29-30(36)32-31(39-29)35-28(23-11-17-26(38-4)18-12-23)20-27(33-35)22-9-15-25(37-3)16-10-22/h7-19,28H,5-6,20H2,1-4H3/b29-19-. The van der Waals surface area contributed by atoms with Crippen molar-refractivity contribution in [3.63, 3.8) is 0 Å². The minimum Gasteiger partial charge on any atom is -0.497 e. The number of carbonyl (C=O) groups is 1. The van der Waals surface area contributed by atoms with Crippen LogP contribution in [0.3, 0.4) is 0 Å². The minimum absolute atomic E-state index is 0.0974. The van der Waals surface area contributed by atoms with Crippen LogP contribution in [-0.4, -0.2) is 49.1 Å². The predicted octanol–water partition coefficient (Wildman–Crippen LogP) is 6.37. The van der Waals surface area contributed by atoms with Crippen LogP contribution >= 0.6 is 11.8 Å². The maximum absolute atomic E-state index is 13.0. The molecule has 3 aromatic rings. The van der Waals surface area contributed by atoms with Gasteiger partial charge in [0.15, 0.2) is 5.17 Å². The van der Waals surface area contributed by atoms with Crippen molar-refractivity contribution < 1.29 is 14.3 Å². The summed E-state index contributed by atoms with van der Waals surface area (Å²) in [4.78, 5) is 20.3. The number of aliphatic imine (C=N–C) groups is 1. The summed E-state index contributed by atoms with van der Waals surface area (Å²) in [6.45, 7) is 6.19. The van der Waals surface area contributed by atoms with Gasteiger partial charge < -0.3 is 14.4 Å². The van der Waals surface area contributed by atoms with E-state index in [1.54, 1.807) is 14.2 Å². The van der Waals surface area contributed by atoms with E-state index in [2.05, 4.69) is 35.9 Å². The van der Waals surface area contributed by atoms with E-state index in [1.165, 1.54) is 17.4 Å². The van der Waals surface area contributed by atoms with E-state index < -0.39 is 0 Å². The first-order chi connectivity index (χ1) is 19.0. The van der Waals surface area contributed by atoms with E-state index in [1.807, 2.05) is 71.7 Å². The summed E-state index contributed by atoms with van der Waals surface area (Å²) in [7, 11) is 3.31. The van der Waals surface area contributed by atoms with Crippen molar-refractivity contribution in [2.24, 2.45) is 10.1 Å². The summed E-state index contributed by atoms with van der Waals surface area (Å²) in [6, 6.07) is 24.0. The number of anilines is 1. The van der Waals surface area contributed by atoms with Crippen molar-refractivity contribution in [1.82, 2.24) is 5.01 Å². The molecule has 0 saturated carbocycles. The van der Waals surface area contributed by atoms with Gasteiger partial charge in [0, 0.05) is 25.2 Å². The monoisotopic (exact) mass is 540 g/mol. The van der Waals surface area contributed by atoms with Crippen molar-refractivity contribution in [1.29, 1.82) is 0 Å². The Hall–Kier alpha value is -4.04. The van der Waals surface area contributed by atoms with Crippen LogP contribution in [0.15, 0.2) is 87.8 Å². The first kappa shape index (κ1) is 26.6. The largest absolute Gasteiger partial charge is 0.497 e. The molecule has 0 bridgehead atoms. The van der Waals surface area contributed by atoms with Crippen molar-refractivity contribution in [2.45, 2.75) is 26.3 Å². The third-order valence-corrected chi connectivity index (χ3v) is 7.93. The minimum atomic E-state index is -0.246. The molecule has 2 aliphatic heterocycles. The van der Waals surface area contributed by atoms with Crippen LogP contribution in [0.5, 0.6) is 11.5 Å². The molecule has 3 aromatic carbocycles. The molecule has 0 N–H and O–H groups in total. The van der Waals surface area contributed by atoms with Gasteiger partial charge >= 0.3 is 0 Å². The molecule has 1 amide bonds. The maximum Gasteiger partial charge on any atom is 0.286 e. The number of carbonyl (C=O) groups excluding carboxylic acids is 1. The second kappa shape index (κ2) is 11.8. The fraction of sp³-hybridized carbons (Fsp3) is 0.258. The van der Waals surface area contributed by atoms with E-state index >= 15 is 0 Å². The Morgan fingerprint density at radius 1 is 0.923 bits per heavy atom. The van der Waals surface area contributed by atoms with Crippen molar-refractivity contribution in [3.8, 4) is 11.5 Å². The molecular weight excluding hydrogens is 508 g/mol. The number of thioether (sulfide) groups is 1. The van der Waals surface area contributed by atoms with Crippen LogP contribution in [0.1, 0.15) is 43.0 Å². The zero-order chi connectivity index (χ0) is 27.4. The molecule has 0 spiro atoms. The lowest BCUT2D eigenvalue weighted by Crippen LogP contribution is -2.23. The molecule has 1 atom stereocenters. The predicted molar refractivity (Wildman–Crippen MR) is 160 cm³/mol. The number of rotatable bonds is 8. The van der Waals surface area contributed by atoms with Crippen molar-refractivity contribution >= 4 is 40.3 Å². The fourth-order valence-electron chi connectivity index (χ4n) is 4.75. The molecule has 39 heavy (non-hydrogen) atoms. The highest BCUT2D eigenvalue weighted by Crippen LogP contribution is 2.40. The van der Waals surface area contributed by atoms with E-state index in [0.717, 1.165) is 47.0 Å². The molecule has 200 valence electrons. The van der Waals surface area contributed by atoms with Crippen molar-refractivity contribution in [3.05, 3.63) is 94.4 Å². The number of nitrogens with zero attached hydrogens (tertiary/aromatic N) is 4. The molecule has 2 aliphatic rings. The molecule has 0 aromatic heterocycles. The molecule has 0 saturated heterocycles. The summed E-state index contributed by atoms with van der Waals surface area (Å²) in [5, 5.41) is 7.43. The highest BCUT2D eigenvalue weighted by molar-refractivity contribution is 8.18. The van der Waals surface area contributed by atoms with E-state index in [0.29, 0.717) is 16.5 Å². The first-order valence-electron chi connectivity index (χ1n) is 13.1. The molecule has 1 unspecified atom stereocenters. The van der Waals surface area contributed by atoms with Gasteiger partial charge in [-0.15, -0.1) is 0 Å². The molecule has 2 heterocycles. The maximum atomic E-state index is 13.0. The zero-order valence-corrected chi connectivity index (χ0v) is 23.4. The summed E-state index contributed by atoms with van der Waals surface area (Å²) in [5.74, 6) is 1.34. The van der Waals surface area contributed by atoms with Gasteiger partial charge in [-0.1, -0.05) is 24.3 Å². The number of hydrogen-bond acceptors (Lipinski definition) is 7. The highest BCUT2D eigenvalue weighted by atomic mass is 32.2. The average Bonchev–Trinajstić information content (AvgIpc) is 3.58. The molecule has 0 radical (unpaired) electrons. The lowest BCUT2D eigenvalue weighted by Gasteiger charge is -2.22. The lowest BCUT2D eigenvalue weighted by atomic mass is 9.98. The third kappa shape index (κ3) is 5.71. The molecule has 8 heteroatoms. The fourth-order valence-corrected chi connectivity index (χ4v) is 5.66. The van der Waals surface area contributed by atoms with Gasteiger partial charge in [-0.25, -0.2) is 5.01 Å². The van der Waals surface area contributed by atoms with Crippen LogP contribution in [0.4, 0.5) is 5.69 Å². The zero-order valence-electron chi connectivity index (χ0n) is 22.6. The Morgan fingerprint density at radius 2 is 1.54 bits per heavy atom. The second-order valence-corrected chi connectivity index (χ2v) is 10.2. The van der Waals surface area contributed by atoms with Crippen LogP contribution in [0, 0.1) is 0 Å². The number of amidine groups is 1. The normalized spacial score (nSPS) is 17.8. The van der Waals surface area contributed by atoms with E-state index in [9.17, 15) is 4.79 Å². The highest BCUT2D eigenvalue weighted by Gasteiger charge is 2.36. The van der Waals surface area contributed by atoms with Crippen LogP contribution in [0.2, 0.25) is 0 Å². The van der Waals surface area contributed by atoms with E-state index in [-0.39, 0.29) is 11.9 Å². The Bertz CT molecular complexity index is 1410. The van der Waals surface area contributed by atoms with Gasteiger partial charge in [0.2, 0.25) is 0 Å². The summed E-state index contributed by atoms with van der Waals surface area (Å²) >= 11 is 1.37. The van der Waals surface area contributed by atoms with E-state index in [4.69, 9.17) is 14.6 Å². The number of ether oxygens (including phenoxy) is 2. The summed E-state index contributed by atoms with van der Waals surface area (Å²) < 4.78 is 10.7. The van der Waals surface area contributed by atoms with Gasteiger partial charge in [-0.3, -0.25) is 4.79 Å². The third-order valence-electron chi connectivity index (χ3n) is 6.96. The first-order valence-corrected chi connectivity index (χ1v) is 13.9. The smallest absolute Gasteiger partial charge is 0.286 e. The Balaban J connectivity index is 1.42. The number of methoxy groups -OCH3 is 2. The van der Waals surface area contributed by atoms with Crippen LogP contribution < -0.4 is 14.4 Å². The Morgan fingerprint density at radius 3 is 2.13 bits per heavy atom. The van der Waals surface area contributed by atoms with Gasteiger partial charge in [0.25, 0.3) is 5.91 Å². The second-order valence-electron chi connectivity index (χ2n) is 9.19. The summed E-state index contributed by atoms with van der Waals surface area (Å²) in [6.07, 6.45) is 2.58. The molecule has 5 rings (SSSR count). The lowest BCUT2D eigenvalue weighted by molar-refractivity contribution is -0.113. The summed E-state index contributed by atoms with van der Waals surface area (Å²) in [5.41, 5.74) is 5.15. The quantitative estimate of drug-likeness (QED) is 0.309. The average molecular weight is 541 g/mol. The van der Waals surface area contributed by atoms with Gasteiger partial charge in [-0.2, -0.15) is 10.1 Å². The number of benzene rings is 3. The Kier molecular flexibility index (Phi) is 8.02. The SMILES string of the molecule is CCN(CC)c1ccc(/C=C2\SC(N3N=C(c4ccc(OC)cc4)CC3c3ccc(OC)cc3)=NC2=O)cc1. The topological polar surface area (TPSA) is 66.7 Å². The molecule has 7 nitrogen and oxygen atoms in total. The number of amides is 1. The van der Waals surface area contributed by atoms with Crippen LogP contribution in [0.25, 0.3) is 6.08 Å². The number of hydrogen-bond donors (Lipinski definition) is 0. The van der Waals surface area contributed by atoms with Gasteiger partial charge in [0.1, 0.15) is 11.5 Å². The molecular formula is C31H32N4O3S. The van der Waals surface area contributed by atoms with Gasteiger partial charge in [0.05, 0.1) is 30.9 Å². The molecule has 0 aliphatic carbocycles. The van der Waals surface area contributed by atoms with Crippen molar-refractivity contribution in [2.75, 3.05) is 32.2 Å². The number of hydrazone groups is 1. The Labute approximate surface area is 233 Å². The van der Waals surface area contributed by atoms with Gasteiger partial charge in [-0.05, 0) is 96.9 Å².